The van der Waals surface area contributed by atoms with Crippen LogP contribution in [0.3, 0.4) is 0 Å². The van der Waals surface area contributed by atoms with Gasteiger partial charge in [0, 0.05) is 0 Å². The topological polar surface area (TPSA) is 29.4 Å². The molecule has 0 aromatic carbocycles. The number of aliphatic imine (C=N–C) groups is 1. The predicted molar refractivity (Wildman–Crippen MR) is 38.2 cm³/mol. The van der Waals surface area contributed by atoms with Gasteiger partial charge in [0.25, 0.3) is 0 Å². The minimum absolute atomic E-state index is 0.137. The molecule has 50 valence electrons. The number of thioether (sulfide) groups is 1. The Morgan fingerprint density at radius 2 is 2.56 bits per heavy atom. The first kappa shape index (κ1) is 6.84. The molecule has 1 aliphatic heterocycles. The van der Waals surface area contributed by atoms with Gasteiger partial charge in [-0.05, 0) is 25.5 Å². The van der Waals surface area contributed by atoms with Gasteiger partial charge in [0.1, 0.15) is 4.87 Å². The maximum atomic E-state index is 9.86. The molecule has 0 aliphatic carbocycles. The predicted octanol–water partition coefficient (Wildman–Crippen LogP) is 1.57. The van der Waals surface area contributed by atoms with Crippen LogP contribution in [0.5, 0.6) is 0 Å². The van der Waals surface area contributed by atoms with E-state index >= 15 is 0 Å². The third-order valence-electron chi connectivity index (χ3n) is 1.48. The summed E-state index contributed by atoms with van der Waals surface area (Å²) in [6.07, 6.45) is 3.80. The van der Waals surface area contributed by atoms with Gasteiger partial charge in [0.05, 0.1) is 0 Å². The Kier molecular flexibility index (Phi) is 1.94. The van der Waals surface area contributed by atoms with Crippen molar-refractivity contribution in [2.45, 2.75) is 24.6 Å². The van der Waals surface area contributed by atoms with E-state index in [4.69, 9.17) is 0 Å². The third kappa shape index (κ3) is 1.57. The van der Waals surface area contributed by atoms with Gasteiger partial charge in [-0.1, -0.05) is 0 Å². The maximum Gasteiger partial charge on any atom is 0.236 e. The monoisotopic (exact) mass is 143 g/mol. The van der Waals surface area contributed by atoms with E-state index in [0.29, 0.717) is 0 Å². The zero-order chi connectivity index (χ0) is 6.74. The molecular formula is C6H9NOS. The van der Waals surface area contributed by atoms with Crippen LogP contribution in [-0.4, -0.2) is 16.7 Å². The van der Waals surface area contributed by atoms with Gasteiger partial charge in [-0.15, -0.1) is 11.8 Å². The number of nitrogens with zero attached hydrogens (tertiary/aromatic N) is 1. The van der Waals surface area contributed by atoms with E-state index in [1.165, 1.54) is 6.42 Å². The summed E-state index contributed by atoms with van der Waals surface area (Å²) in [5.74, 6) is 1.13. The molecule has 2 nitrogen and oxygen atoms in total. The van der Waals surface area contributed by atoms with Crippen LogP contribution < -0.4 is 0 Å². The van der Waals surface area contributed by atoms with Crippen molar-refractivity contribution in [3.05, 3.63) is 0 Å². The Morgan fingerprint density at radius 3 is 3.00 bits per heavy atom. The van der Waals surface area contributed by atoms with Gasteiger partial charge < -0.3 is 0 Å². The van der Waals surface area contributed by atoms with E-state index in [1.54, 1.807) is 17.8 Å². The Bertz CT molecular complexity index is 145. The highest BCUT2D eigenvalue weighted by Crippen LogP contribution is 2.38. The first-order valence-corrected chi connectivity index (χ1v) is 3.98. The molecule has 0 saturated carbocycles. The van der Waals surface area contributed by atoms with E-state index in [0.717, 1.165) is 12.2 Å². The molecule has 3 heteroatoms. The molecule has 9 heavy (non-hydrogen) atoms. The van der Waals surface area contributed by atoms with Gasteiger partial charge in [-0.3, -0.25) is 0 Å². The molecule has 1 unspecified atom stereocenters. The third-order valence-corrected chi connectivity index (χ3v) is 2.89. The van der Waals surface area contributed by atoms with Crippen LogP contribution in [0.2, 0.25) is 0 Å². The molecule has 0 aromatic heterocycles. The minimum Gasteiger partial charge on any atom is -0.211 e. The second-order valence-electron chi connectivity index (χ2n) is 2.33. The molecule has 0 amide bonds. The van der Waals surface area contributed by atoms with E-state index in [-0.39, 0.29) is 4.87 Å². The van der Waals surface area contributed by atoms with Gasteiger partial charge >= 0.3 is 0 Å². The Hall–Kier alpha value is -0.270. The second kappa shape index (κ2) is 2.54. The van der Waals surface area contributed by atoms with E-state index in [9.17, 15) is 4.79 Å². The summed E-state index contributed by atoms with van der Waals surface area (Å²) in [7, 11) is 0. The first-order chi connectivity index (χ1) is 4.27. The molecule has 1 heterocycles. The second-order valence-corrected chi connectivity index (χ2v) is 3.91. The fraction of sp³-hybridized carbons (Fsp3) is 0.833. The average molecular weight is 143 g/mol. The van der Waals surface area contributed by atoms with Crippen molar-refractivity contribution < 1.29 is 4.79 Å². The molecule has 0 radical (unpaired) electrons. The molecule has 0 N–H and O–H groups in total. The number of hydrogen-bond donors (Lipinski definition) is 0. The van der Waals surface area contributed by atoms with Crippen LogP contribution in [0.15, 0.2) is 4.99 Å². The van der Waals surface area contributed by atoms with Crippen LogP contribution in [0.1, 0.15) is 19.8 Å². The standard InChI is InChI=1S/C6H9NOS/c1-6(7-5-8)3-2-4-9-6/h2-4H2,1H3. The van der Waals surface area contributed by atoms with E-state index in [2.05, 4.69) is 4.99 Å². The summed E-state index contributed by atoms with van der Waals surface area (Å²) in [4.78, 5) is 13.4. The van der Waals surface area contributed by atoms with Gasteiger partial charge in [0.2, 0.25) is 6.08 Å². The van der Waals surface area contributed by atoms with Crippen molar-refractivity contribution in [1.29, 1.82) is 0 Å². The number of isocyanates is 1. The Labute approximate surface area is 58.7 Å². The number of rotatable bonds is 1. The van der Waals surface area contributed by atoms with Crippen molar-refractivity contribution >= 4 is 17.8 Å². The maximum absolute atomic E-state index is 9.86. The van der Waals surface area contributed by atoms with E-state index in [1.807, 2.05) is 6.92 Å². The quantitative estimate of drug-likeness (QED) is 0.412. The zero-order valence-electron chi connectivity index (χ0n) is 5.39. The normalized spacial score (nSPS) is 33.9. The summed E-state index contributed by atoms with van der Waals surface area (Å²) in [5.41, 5.74) is 0. The molecule has 1 saturated heterocycles. The average Bonchev–Trinajstić information content (AvgIpc) is 2.16. The lowest BCUT2D eigenvalue weighted by Crippen LogP contribution is -2.10. The minimum atomic E-state index is -0.137. The van der Waals surface area contributed by atoms with Gasteiger partial charge in [-0.2, -0.15) is 4.99 Å². The molecule has 1 aliphatic rings. The van der Waals surface area contributed by atoms with Crippen molar-refractivity contribution in [1.82, 2.24) is 0 Å². The van der Waals surface area contributed by atoms with Crippen molar-refractivity contribution in [3.8, 4) is 0 Å². The van der Waals surface area contributed by atoms with Crippen LogP contribution in [0.25, 0.3) is 0 Å². The fourth-order valence-electron chi connectivity index (χ4n) is 0.949. The summed E-state index contributed by atoms with van der Waals surface area (Å²) in [6.45, 7) is 1.98. The highest BCUT2D eigenvalue weighted by molar-refractivity contribution is 8.00. The highest BCUT2D eigenvalue weighted by atomic mass is 32.2. The molecule has 0 spiro atoms. The molecule has 1 atom stereocenters. The molecule has 0 bridgehead atoms. The number of hydrogen-bond acceptors (Lipinski definition) is 3. The van der Waals surface area contributed by atoms with Crippen molar-refractivity contribution in [2.75, 3.05) is 5.75 Å². The molecule has 0 aromatic rings. The van der Waals surface area contributed by atoms with E-state index < -0.39 is 0 Å². The van der Waals surface area contributed by atoms with Crippen molar-refractivity contribution in [2.24, 2.45) is 4.99 Å². The van der Waals surface area contributed by atoms with Gasteiger partial charge in [0.15, 0.2) is 0 Å². The van der Waals surface area contributed by atoms with Crippen LogP contribution >= 0.6 is 11.8 Å². The van der Waals surface area contributed by atoms with Crippen molar-refractivity contribution in [3.63, 3.8) is 0 Å². The zero-order valence-corrected chi connectivity index (χ0v) is 6.20. The molecular weight excluding hydrogens is 134 g/mol. The lowest BCUT2D eigenvalue weighted by molar-refractivity contribution is 0.550. The van der Waals surface area contributed by atoms with Gasteiger partial charge in [-0.25, -0.2) is 4.79 Å². The Morgan fingerprint density at radius 1 is 1.78 bits per heavy atom. The highest BCUT2D eigenvalue weighted by Gasteiger charge is 2.28. The largest absolute Gasteiger partial charge is 0.236 e. The van der Waals surface area contributed by atoms with Crippen LogP contribution in [0, 0.1) is 0 Å². The van der Waals surface area contributed by atoms with Crippen LogP contribution in [0.4, 0.5) is 0 Å². The number of carbonyl (C=O) groups excluding carboxylic acids is 1. The molecule has 1 rings (SSSR count). The smallest absolute Gasteiger partial charge is 0.211 e. The lowest BCUT2D eigenvalue weighted by Gasteiger charge is -2.12. The summed E-state index contributed by atoms with van der Waals surface area (Å²) >= 11 is 1.74. The lowest BCUT2D eigenvalue weighted by atomic mass is 10.2. The summed E-state index contributed by atoms with van der Waals surface area (Å²) in [6, 6.07) is 0. The van der Waals surface area contributed by atoms with Crippen LogP contribution in [-0.2, 0) is 4.79 Å². The molecule has 1 fully saturated rings. The summed E-state index contributed by atoms with van der Waals surface area (Å²) < 4.78 is 0. The SMILES string of the molecule is CC1(N=C=O)CCCS1. The fourth-order valence-corrected chi connectivity index (χ4v) is 2.07. The summed E-state index contributed by atoms with van der Waals surface area (Å²) in [5, 5.41) is 0. The Balaban J connectivity index is 2.61. The first-order valence-electron chi connectivity index (χ1n) is 3.00.